The van der Waals surface area contributed by atoms with Crippen LogP contribution in [0.15, 0.2) is 65.6 Å². The molecule has 0 aliphatic carbocycles. The van der Waals surface area contributed by atoms with Gasteiger partial charge in [0.1, 0.15) is 12.6 Å². The van der Waals surface area contributed by atoms with Crippen molar-refractivity contribution in [2.75, 3.05) is 5.75 Å². The van der Waals surface area contributed by atoms with Crippen molar-refractivity contribution in [3.63, 3.8) is 0 Å². The van der Waals surface area contributed by atoms with E-state index in [1.165, 1.54) is 11.8 Å². The fourth-order valence-corrected chi connectivity index (χ4v) is 3.05. The van der Waals surface area contributed by atoms with Crippen LogP contribution in [0.5, 0.6) is 0 Å². The molecule has 0 heterocycles. The summed E-state index contributed by atoms with van der Waals surface area (Å²) in [4.78, 5) is 24.1. The van der Waals surface area contributed by atoms with Gasteiger partial charge >= 0.3 is 12.1 Å². The zero-order valence-corrected chi connectivity index (χ0v) is 14.9. The van der Waals surface area contributed by atoms with E-state index in [9.17, 15) is 19.8 Å². The first-order valence-electron chi connectivity index (χ1n) is 8.10. The third kappa shape index (κ3) is 7.16. The van der Waals surface area contributed by atoms with Crippen molar-refractivity contribution in [2.45, 2.75) is 30.1 Å². The molecule has 2 aromatic carbocycles. The monoisotopic (exact) mass is 375 g/mol. The summed E-state index contributed by atoms with van der Waals surface area (Å²) in [6, 6.07) is 17.3. The van der Waals surface area contributed by atoms with Crippen LogP contribution in [0.2, 0.25) is 0 Å². The molecule has 2 atom stereocenters. The van der Waals surface area contributed by atoms with Gasteiger partial charge in [0.2, 0.25) is 0 Å². The minimum atomic E-state index is -1.22. The normalized spacial score (nSPS) is 12.8. The van der Waals surface area contributed by atoms with Gasteiger partial charge in [-0.15, -0.1) is 11.8 Å². The van der Waals surface area contributed by atoms with Gasteiger partial charge in [0.25, 0.3) is 0 Å². The number of alkyl carbamates (subject to hydrolysis) is 1. The Morgan fingerprint density at radius 2 is 1.65 bits per heavy atom. The lowest BCUT2D eigenvalue weighted by atomic mass is 10.1. The predicted molar refractivity (Wildman–Crippen MR) is 99.0 cm³/mol. The Hall–Kier alpha value is -2.51. The van der Waals surface area contributed by atoms with Gasteiger partial charge in [-0.3, -0.25) is 0 Å². The molecule has 3 N–H and O–H groups in total. The molecular weight excluding hydrogens is 354 g/mol. The lowest BCUT2D eigenvalue weighted by Crippen LogP contribution is -2.43. The van der Waals surface area contributed by atoms with E-state index in [-0.39, 0.29) is 13.0 Å². The molecule has 0 bridgehead atoms. The largest absolute Gasteiger partial charge is 0.480 e. The average molecular weight is 375 g/mol. The lowest BCUT2D eigenvalue weighted by Gasteiger charge is -2.18. The van der Waals surface area contributed by atoms with Gasteiger partial charge in [0, 0.05) is 17.1 Å². The zero-order valence-electron chi connectivity index (χ0n) is 14.1. The minimum Gasteiger partial charge on any atom is -0.480 e. The summed E-state index contributed by atoms with van der Waals surface area (Å²) in [5.74, 6) is -0.889. The van der Waals surface area contributed by atoms with Gasteiger partial charge < -0.3 is 20.3 Å². The summed E-state index contributed by atoms with van der Waals surface area (Å²) in [5.41, 5.74) is 0.800. The van der Waals surface area contributed by atoms with Gasteiger partial charge in [-0.25, -0.2) is 9.59 Å². The zero-order chi connectivity index (χ0) is 18.8. The van der Waals surface area contributed by atoms with Crippen LogP contribution >= 0.6 is 11.8 Å². The van der Waals surface area contributed by atoms with E-state index < -0.39 is 24.2 Å². The second-order valence-corrected chi connectivity index (χ2v) is 6.70. The number of hydrogen-bond donors (Lipinski definition) is 3. The van der Waals surface area contributed by atoms with Crippen molar-refractivity contribution in [1.82, 2.24) is 5.32 Å². The van der Waals surface area contributed by atoms with Crippen LogP contribution in [0.25, 0.3) is 0 Å². The van der Waals surface area contributed by atoms with Crippen LogP contribution in [-0.2, 0) is 16.1 Å². The first-order valence-corrected chi connectivity index (χ1v) is 9.09. The van der Waals surface area contributed by atoms with Crippen molar-refractivity contribution >= 4 is 23.8 Å². The second-order valence-electron chi connectivity index (χ2n) is 5.61. The molecule has 0 fully saturated rings. The highest BCUT2D eigenvalue weighted by molar-refractivity contribution is 7.99. The number of aliphatic hydroxyl groups excluding tert-OH is 1. The molecule has 0 spiro atoms. The van der Waals surface area contributed by atoms with Crippen LogP contribution in [0.1, 0.15) is 12.0 Å². The molecule has 0 radical (unpaired) electrons. The molecule has 0 saturated heterocycles. The van der Waals surface area contributed by atoms with Gasteiger partial charge in [-0.2, -0.15) is 0 Å². The number of ether oxygens (including phenoxy) is 1. The van der Waals surface area contributed by atoms with Crippen LogP contribution in [-0.4, -0.2) is 40.2 Å². The number of carbonyl (C=O) groups is 2. The van der Waals surface area contributed by atoms with Crippen molar-refractivity contribution in [2.24, 2.45) is 0 Å². The Labute approximate surface area is 156 Å². The number of nitrogens with one attached hydrogen (secondary N) is 1. The quantitative estimate of drug-likeness (QED) is 0.583. The third-order valence-corrected chi connectivity index (χ3v) is 4.65. The first-order chi connectivity index (χ1) is 12.5. The first kappa shape index (κ1) is 19.8. The van der Waals surface area contributed by atoms with Gasteiger partial charge in [-0.1, -0.05) is 48.5 Å². The number of benzene rings is 2. The number of aliphatic hydroxyl groups is 1. The summed E-state index contributed by atoms with van der Waals surface area (Å²) in [6.45, 7) is 0.0470. The van der Waals surface area contributed by atoms with E-state index in [1.54, 1.807) is 12.1 Å². The number of carboxylic acids is 1. The maximum Gasteiger partial charge on any atom is 0.408 e. The Morgan fingerprint density at radius 3 is 2.27 bits per heavy atom. The molecule has 7 heteroatoms. The number of hydrogen-bond acceptors (Lipinski definition) is 5. The summed E-state index contributed by atoms with van der Waals surface area (Å²) in [7, 11) is 0. The highest BCUT2D eigenvalue weighted by Crippen LogP contribution is 2.19. The Kier molecular flexibility index (Phi) is 7.98. The number of rotatable bonds is 9. The summed E-state index contributed by atoms with van der Waals surface area (Å²) >= 11 is 1.42. The standard InChI is InChI=1S/C19H21NO5S/c21-15(13-26-16-9-5-2-6-10-16)11-17(18(22)23)20-19(24)25-12-14-7-3-1-4-8-14/h1-10,15,17,21H,11-13H2,(H,20,24)(H,22,23)/t15?,17-/m1/s1. The van der Waals surface area contributed by atoms with Crippen molar-refractivity contribution in [3.8, 4) is 0 Å². The molecule has 138 valence electrons. The fraction of sp³-hybridized carbons (Fsp3) is 0.263. The fourth-order valence-electron chi connectivity index (χ4n) is 2.18. The van der Waals surface area contributed by atoms with Gasteiger partial charge in [0.05, 0.1) is 6.10 Å². The molecular formula is C19H21NO5S. The van der Waals surface area contributed by atoms with Crippen LogP contribution in [0, 0.1) is 0 Å². The van der Waals surface area contributed by atoms with E-state index >= 15 is 0 Å². The molecule has 0 aliphatic heterocycles. The Bertz CT molecular complexity index is 696. The summed E-state index contributed by atoms with van der Waals surface area (Å²) in [5, 5.41) is 21.6. The second kappa shape index (κ2) is 10.5. The Balaban J connectivity index is 1.77. The number of thioether (sulfide) groups is 1. The molecule has 0 aliphatic rings. The lowest BCUT2D eigenvalue weighted by molar-refractivity contribution is -0.140. The van der Waals surface area contributed by atoms with E-state index in [2.05, 4.69) is 5.32 Å². The average Bonchev–Trinajstić information content (AvgIpc) is 2.66. The Morgan fingerprint density at radius 1 is 1.04 bits per heavy atom. The smallest absolute Gasteiger partial charge is 0.408 e. The SMILES string of the molecule is O=C(N[C@H](CC(O)CSc1ccccc1)C(=O)O)OCc1ccccc1. The van der Waals surface area contributed by atoms with Gasteiger partial charge in [0.15, 0.2) is 0 Å². The number of carbonyl (C=O) groups excluding carboxylic acids is 1. The highest BCUT2D eigenvalue weighted by atomic mass is 32.2. The summed E-state index contributed by atoms with van der Waals surface area (Å²) < 4.78 is 5.02. The molecule has 6 nitrogen and oxygen atoms in total. The third-order valence-electron chi connectivity index (χ3n) is 3.50. The van der Waals surface area contributed by atoms with Crippen molar-refractivity contribution in [3.05, 3.63) is 66.2 Å². The summed E-state index contributed by atoms with van der Waals surface area (Å²) in [6.07, 6.45) is -1.81. The molecule has 2 rings (SSSR count). The van der Waals surface area contributed by atoms with Gasteiger partial charge in [-0.05, 0) is 17.7 Å². The number of carboxylic acid groups (broad SMARTS) is 1. The van der Waals surface area contributed by atoms with Crippen LogP contribution in [0.4, 0.5) is 4.79 Å². The minimum absolute atomic E-state index is 0.0470. The molecule has 0 aromatic heterocycles. The molecule has 0 saturated carbocycles. The number of aliphatic carboxylic acids is 1. The van der Waals surface area contributed by atoms with Crippen molar-refractivity contribution in [1.29, 1.82) is 0 Å². The van der Waals surface area contributed by atoms with Crippen LogP contribution in [0.3, 0.4) is 0 Å². The molecule has 26 heavy (non-hydrogen) atoms. The van der Waals surface area contributed by atoms with E-state index in [0.29, 0.717) is 5.75 Å². The molecule has 1 unspecified atom stereocenters. The molecule has 1 amide bonds. The molecule has 2 aromatic rings. The van der Waals surface area contributed by atoms with E-state index in [0.717, 1.165) is 10.5 Å². The van der Waals surface area contributed by atoms with Crippen molar-refractivity contribution < 1.29 is 24.5 Å². The van der Waals surface area contributed by atoms with E-state index in [4.69, 9.17) is 4.74 Å². The topological polar surface area (TPSA) is 95.9 Å². The van der Waals surface area contributed by atoms with Crippen LogP contribution < -0.4 is 5.32 Å². The maximum atomic E-state index is 11.8. The van der Waals surface area contributed by atoms with E-state index in [1.807, 2.05) is 48.5 Å². The maximum absolute atomic E-state index is 11.8. The predicted octanol–water partition coefficient (Wildman–Crippen LogP) is 2.91. The highest BCUT2D eigenvalue weighted by Gasteiger charge is 2.24. The number of amides is 1.